The van der Waals surface area contributed by atoms with E-state index in [0.717, 1.165) is 26.1 Å². The second kappa shape index (κ2) is 7.23. The van der Waals surface area contributed by atoms with Crippen LogP contribution in [0.15, 0.2) is 54.6 Å². The van der Waals surface area contributed by atoms with Crippen molar-refractivity contribution in [2.24, 2.45) is 5.92 Å². The number of piperidine rings is 1. The van der Waals surface area contributed by atoms with Crippen LogP contribution in [0.3, 0.4) is 0 Å². The summed E-state index contributed by atoms with van der Waals surface area (Å²) < 4.78 is 0. The molecule has 2 atom stereocenters. The number of benzene rings is 2. The molecule has 0 saturated carbocycles. The fourth-order valence-corrected chi connectivity index (χ4v) is 3.78. The Kier molecular flexibility index (Phi) is 5.04. The van der Waals surface area contributed by atoms with Gasteiger partial charge < -0.3 is 0 Å². The zero-order chi connectivity index (χ0) is 17.9. The van der Waals surface area contributed by atoms with Gasteiger partial charge in [-0.1, -0.05) is 56.3 Å². The van der Waals surface area contributed by atoms with Crippen molar-refractivity contribution in [3.8, 4) is 0 Å². The molecule has 0 radical (unpaired) electrons. The number of nitrogens with one attached hydrogen (secondary N) is 1. The Labute approximate surface area is 148 Å². The van der Waals surface area contributed by atoms with E-state index in [9.17, 15) is 10.1 Å². The Morgan fingerprint density at radius 3 is 2.68 bits per heavy atom. The molecule has 0 amide bonds. The molecule has 1 heterocycles. The first-order chi connectivity index (χ1) is 12.0. The fraction of sp³-hybridized carbons (Fsp3) is 0.400. The second-order valence-electron chi connectivity index (χ2n) is 7.24. The summed E-state index contributed by atoms with van der Waals surface area (Å²) in [6, 6.07) is 18.2. The van der Waals surface area contributed by atoms with Crippen LogP contribution < -0.4 is 5.43 Å². The average molecular weight is 339 g/mol. The summed E-state index contributed by atoms with van der Waals surface area (Å²) in [6.45, 7) is 7.60. The van der Waals surface area contributed by atoms with Crippen LogP contribution in [0.5, 0.6) is 0 Å². The molecular formula is C20H25N3O2. The highest BCUT2D eigenvalue weighted by Gasteiger charge is 2.38. The molecule has 0 aliphatic carbocycles. The van der Waals surface area contributed by atoms with Crippen LogP contribution >= 0.6 is 0 Å². The molecule has 0 bridgehead atoms. The smallest absolute Gasteiger partial charge is 0.162 e. The molecule has 1 saturated heterocycles. The maximum Gasteiger partial charge on any atom is 0.162 e. The van der Waals surface area contributed by atoms with Crippen LogP contribution in [0.1, 0.15) is 31.4 Å². The summed E-state index contributed by atoms with van der Waals surface area (Å²) in [5, 5.41) is 10.2. The van der Waals surface area contributed by atoms with Crippen molar-refractivity contribution >= 4 is 5.69 Å². The van der Waals surface area contributed by atoms with Crippen molar-refractivity contribution in [2.45, 2.75) is 32.2 Å². The van der Waals surface area contributed by atoms with Gasteiger partial charge >= 0.3 is 0 Å². The molecule has 132 valence electrons. The third-order valence-corrected chi connectivity index (χ3v) is 5.56. The maximum atomic E-state index is 10.7. The lowest BCUT2D eigenvalue weighted by Gasteiger charge is -2.45. The molecule has 5 nitrogen and oxygen atoms in total. The predicted octanol–water partition coefficient (Wildman–Crippen LogP) is 4.09. The molecular weight excluding hydrogens is 314 g/mol. The first kappa shape index (κ1) is 17.4. The van der Waals surface area contributed by atoms with Gasteiger partial charge in [-0.15, -0.1) is 5.43 Å². The van der Waals surface area contributed by atoms with Crippen molar-refractivity contribution in [3.05, 3.63) is 75.8 Å². The highest BCUT2D eigenvalue weighted by Crippen LogP contribution is 2.40. The molecule has 1 N–H and O–H groups in total. The van der Waals surface area contributed by atoms with Crippen molar-refractivity contribution < 1.29 is 5.03 Å². The van der Waals surface area contributed by atoms with Gasteiger partial charge in [0.05, 0.1) is 0 Å². The minimum absolute atomic E-state index is 0.0292. The molecule has 1 fully saturated rings. The summed E-state index contributed by atoms with van der Waals surface area (Å²) >= 11 is 0. The highest BCUT2D eigenvalue weighted by molar-refractivity contribution is 5.46. The van der Waals surface area contributed by atoms with E-state index in [2.05, 4.69) is 54.5 Å². The van der Waals surface area contributed by atoms with E-state index in [1.807, 2.05) is 18.2 Å². The Morgan fingerprint density at radius 1 is 1.24 bits per heavy atom. The quantitative estimate of drug-likeness (QED) is 0.658. The van der Waals surface area contributed by atoms with E-state index in [1.54, 1.807) is 6.07 Å². The zero-order valence-corrected chi connectivity index (χ0v) is 14.8. The molecule has 0 spiro atoms. The van der Waals surface area contributed by atoms with Crippen LogP contribution in [-0.2, 0) is 12.0 Å². The van der Waals surface area contributed by atoms with Crippen LogP contribution in [0, 0.1) is 16.0 Å². The number of rotatable bonds is 5. The minimum Gasteiger partial charge on any atom is -0.299 e. The molecule has 1 aliphatic heterocycles. The number of nitrogens with zero attached hydrogens (tertiary/aromatic N) is 2. The summed E-state index contributed by atoms with van der Waals surface area (Å²) in [7, 11) is 0. The molecule has 2 aromatic carbocycles. The molecule has 25 heavy (non-hydrogen) atoms. The van der Waals surface area contributed by atoms with Gasteiger partial charge in [-0.3, -0.25) is 4.90 Å². The van der Waals surface area contributed by atoms with Crippen LogP contribution in [-0.4, -0.2) is 23.0 Å². The number of hydrogen-bond acceptors (Lipinski definition) is 3. The van der Waals surface area contributed by atoms with Gasteiger partial charge in [-0.2, -0.15) is 0 Å². The van der Waals surface area contributed by atoms with Crippen LogP contribution in [0.4, 0.5) is 5.69 Å². The first-order valence-electron chi connectivity index (χ1n) is 8.75. The molecule has 5 heteroatoms. The third-order valence-electron chi connectivity index (χ3n) is 5.56. The number of hydrogen-bond donors (Lipinski definition) is 1. The summed E-state index contributed by atoms with van der Waals surface area (Å²) in [5.41, 5.74) is 5.36. The normalized spacial score (nSPS) is 24.0. The molecule has 1 aliphatic rings. The SMILES string of the molecule is CC1CN(Cc2ccccc2)CCC1(C)c1cccc(N[N+](=O)[O-])c1. The van der Waals surface area contributed by atoms with Crippen molar-refractivity contribution in [3.63, 3.8) is 0 Å². The van der Waals surface area contributed by atoms with Gasteiger partial charge in [0.1, 0.15) is 5.69 Å². The van der Waals surface area contributed by atoms with Gasteiger partial charge in [0.25, 0.3) is 0 Å². The lowest BCUT2D eigenvalue weighted by atomic mass is 9.68. The Balaban J connectivity index is 1.72. The Bertz CT molecular complexity index is 735. The Morgan fingerprint density at radius 2 is 2.00 bits per heavy atom. The fourth-order valence-electron chi connectivity index (χ4n) is 3.78. The highest BCUT2D eigenvalue weighted by atomic mass is 16.7. The van der Waals surface area contributed by atoms with E-state index in [1.165, 1.54) is 11.1 Å². The predicted molar refractivity (Wildman–Crippen MR) is 99.9 cm³/mol. The summed E-state index contributed by atoms with van der Waals surface area (Å²) in [4.78, 5) is 13.2. The number of hydrazine groups is 1. The van der Waals surface area contributed by atoms with Crippen LogP contribution in [0.2, 0.25) is 0 Å². The maximum absolute atomic E-state index is 10.7. The topological polar surface area (TPSA) is 58.4 Å². The van der Waals surface area contributed by atoms with Gasteiger partial charge in [0.2, 0.25) is 0 Å². The van der Waals surface area contributed by atoms with Gasteiger partial charge in [-0.05, 0) is 47.6 Å². The molecule has 0 aromatic heterocycles. The lowest BCUT2D eigenvalue weighted by Crippen LogP contribution is -2.46. The van der Waals surface area contributed by atoms with Crippen molar-refractivity contribution in [1.29, 1.82) is 0 Å². The van der Waals surface area contributed by atoms with E-state index in [4.69, 9.17) is 0 Å². The second-order valence-corrected chi connectivity index (χ2v) is 7.24. The van der Waals surface area contributed by atoms with Crippen molar-refractivity contribution in [1.82, 2.24) is 4.90 Å². The monoisotopic (exact) mass is 339 g/mol. The summed E-state index contributed by atoms with van der Waals surface area (Å²) in [6.07, 6.45) is 1.04. The van der Waals surface area contributed by atoms with E-state index in [-0.39, 0.29) is 5.41 Å². The summed E-state index contributed by atoms with van der Waals surface area (Å²) in [5.74, 6) is 0.468. The molecule has 2 unspecified atom stereocenters. The largest absolute Gasteiger partial charge is 0.299 e. The van der Waals surface area contributed by atoms with Gasteiger partial charge in [-0.25, -0.2) is 10.1 Å². The van der Waals surface area contributed by atoms with E-state index in [0.29, 0.717) is 11.6 Å². The minimum atomic E-state index is -0.507. The lowest BCUT2D eigenvalue weighted by molar-refractivity contribution is -0.445. The molecule has 3 rings (SSSR count). The zero-order valence-electron chi connectivity index (χ0n) is 14.8. The standard InChI is InChI=1S/C20H25N3O2/c1-16-14-22(15-17-7-4-3-5-8-17)12-11-20(16,2)18-9-6-10-19(13-18)21-23(24)25/h3-10,13,16,21H,11-12,14-15H2,1-2H3. The molecule has 2 aromatic rings. The average Bonchev–Trinajstić information content (AvgIpc) is 2.59. The van der Waals surface area contributed by atoms with Gasteiger partial charge in [0, 0.05) is 13.1 Å². The van der Waals surface area contributed by atoms with Crippen molar-refractivity contribution in [2.75, 3.05) is 18.5 Å². The van der Waals surface area contributed by atoms with Gasteiger partial charge in [0.15, 0.2) is 5.03 Å². The number of anilines is 1. The number of likely N-dealkylation sites (tertiary alicyclic amines) is 1. The Hall–Kier alpha value is -2.40. The van der Waals surface area contributed by atoms with E-state index >= 15 is 0 Å². The van der Waals surface area contributed by atoms with E-state index < -0.39 is 5.03 Å². The van der Waals surface area contributed by atoms with Crippen LogP contribution in [0.25, 0.3) is 0 Å². The number of nitro groups is 1. The first-order valence-corrected chi connectivity index (χ1v) is 8.75. The third kappa shape index (κ3) is 3.99.